The van der Waals surface area contributed by atoms with E-state index in [2.05, 4.69) is 5.32 Å². The number of hydrogen-bond acceptors (Lipinski definition) is 4. The Balaban J connectivity index is 1.78. The molecule has 0 aliphatic carbocycles. The Bertz CT molecular complexity index is 1260. The molecular formula is C26H22Cl2N2O3. The van der Waals surface area contributed by atoms with Crippen molar-refractivity contribution in [3.63, 3.8) is 0 Å². The number of rotatable bonds is 7. The van der Waals surface area contributed by atoms with E-state index in [0.29, 0.717) is 32.8 Å². The fraction of sp³-hybridized carbons (Fsp3) is 0.154. The Morgan fingerprint density at radius 2 is 1.88 bits per heavy atom. The highest BCUT2D eigenvalue weighted by molar-refractivity contribution is 6.35. The molecule has 0 aliphatic heterocycles. The van der Waals surface area contributed by atoms with Crippen LogP contribution in [-0.2, 0) is 11.4 Å². The maximum atomic E-state index is 12.7. The summed E-state index contributed by atoms with van der Waals surface area (Å²) < 4.78 is 11.3. The van der Waals surface area contributed by atoms with E-state index in [1.54, 1.807) is 42.5 Å². The highest BCUT2D eigenvalue weighted by Crippen LogP contribution is 2.31. The van der Waals surface area contributed by atoms with Crippen molar-refractivity contribution < 1.29 is 14.3 Å². The van der Waals surface area contributed by atoms with Crippen LogP contribution >= 0.6 is 23.2 Å². The van der Waals surface area contributed by atoms with Gasteiger partial charge in [-0.25, -0.2) is 0 Å². The maximum Gasteiger partial charge on any atom is 0.266 e. The second kappa shape index (κ2) is 10.9. The van der Waals surface area contributed by atoms with Crippen molar-refractivity contribution >= 4 is 40.9 Å². The fourth-order valence-electron chi connectivity index (χ4n) is 3.08. The first-order valence-electron chi connectivity index (χ1n) is 10.1. The highest BCUT2D eigenvalue weighted by Gasteiger charge is 2.13. The van der Waals surface area contributed by atoms with E-state index in [1.807, 2.05) is 32.0 Å². The minimum absolute atomic E-state index is 0.0282. The number of amides is 1. The van der Waals surface area contributed by atoms with Crippen LogP contribution in [0.15, 0.2) is 60.2 Å². The summed E-state index contributed by atoms with van der Waals surface area (Å²) in [7, 11) is 1.52. The van der Waals surface area contributed by atoms with Gasteiger partial charge in [-0.15, -0.1) is 0 Å². The molecule has 33 heavy (non-hydrogen) atoms. The third-order valence-electron chi connectivity index (χ3n) is 5.11. The molecule has 1 amide bonds. The number of anilines is 1. The fourth-order valence-corrected chi connectivity index (χ4v) is 3.54. The second-order valence-electron chi connectivity index (χ2n) is 7.31. The number of nitrogens with one attached hydrogen (secondary N) is 1. The molecule has 0 spiro atoms. The van der Waals surface area contributed by atoms with Crippen LogP contribution in [0.3, 0.4) is 0 Å². The van der Waals surface area contributed by atoms with Gasteiger partial charge in [0.15, 0.2) is 11.5 Å². The van der Waals surface area contributed by atoms with Crippen LogP contribution in [0, 0.1) is 25.2 Å². The average molecular weight is 481 g/mol. The van der Waals surface area contributed by atoms with Gasteiger partial charge in [0.1, 0.15) is 18.2 Å². The average Bonchev–Trinajstić information content (AvgIpc) is 2.80. The van der Waals surface area contributed by atoms with Gasteiger partial charge in [-0.2, -0.15) is 5.26 Å². The largest absolute Gasteiger partial charge is 0.493 e. The summed E-state index contributed by atoms with van der Waals surface area (Å²) >= 11 is 12.1. The molecule has 3 rings (SSSR count). The molecule has 5 nitrogen and oxygen atoms in total. The molecule has 7 heteroatoms. The number of benzene rings is 3. The Morgan fingerprint density at radius 3 is 2.58 bits per heavy atom. The first kappa shape index (κ1) is 24.2. The molecule has 0 atom stereocenters. The monoisotopic (exact) mass is 480 g/mol. The van der Waals surface area contributed by atoms with E-state index in [0.717, 1.165) is 16.7 Å². The highest BCUT2D eigenvalue weighted by atomic mass is 35.5. The smallest absolute Gasteiger partial charge is 0.266 e. The normalized spacial score (nSPS) is 11.0. The Hall–Kier alpha value is -3.46. The third-order valence-corrected chi connectivity index (χ3v) is 5.70. The van der Waals surface area contributed by atoms with Crippen LogP contribution in [0.1, 0.15) is 22.3 Å². The van der Waals surface area contributed by atoms with Gasteiger partial charge in [0.2, 0.25) is 0 Å². The van der Waals surface area contributed by atoms with E-state index in [9.17, 15) is 10.1 Å². The third kappa shape index (κ3) is 6.07. The quantitative estimate of drug-likeness (QED) is 0.300. The number of methoxy groups -OCH3 is 1. The lowest BCUT2D eigenvalue weighted by Crippen LogP contribution is -2.14. The van der Waals surface area contributed by atoms with Gasteiger partial charge in [0, 0.05) is 21.3 Å². The number of ether oxygens (including phenoxy) is 2. The summed E-state index contributed by atoms with van der Waals surface area (Å²) in [6.45, 7) is 4.10. The SMILES string of the molecule is COc1cc(/C=C(/C#N)C(=O)Nc2cccc(C)c2C)ccc1OCc1ccc(Cl)cc1Cl. The van der Waals surface area contributed by atoms with Crippen molar-refractivity contribution in [3.8, 4) is 17.6 Å². The van der Waals surface area contributed by atoms with Crippen LogP contribution in [0.4, 0.5) is 5.69 Å². The van der Waals surface area contributed by atoms with E-state index in [1.165, 1.54) is 13.2 Å². The molecule has 3 aromatic carbocycles. The van der Waals surface area contributed by atoms with Gasteiger partial charge < -0.3 is 14.8 Å². The summed E-state index contributed by atoms with van der Waals surface area (Å²) in [6, 6.07) is 17.9. The van der Waals surface area contributed by atoms with Gasteiger partial charge in [-0.1, -0.05) is 47.5 Å². The van der Waals surface area contributed by atoms with Gasteiger partial charge in [-0.05, 0) is 66.9 Å². The van der Waals surface area contributed by atoms with Crippen LogP contribution in [0.2, 0.25) is 10.0 Å². The molecule has 0 radical (unpaired) electrons. The van der Waals surface area contributed by atoms with Crippen LogP contribution in [0.25, 0.3) is 6.08 Å². The minimum Gasteiger partial charge on any atom is -0.493 e. The summed E-state index contributed by atoms with van der Waals surface area (Å²) in [5.41, 5.74) is 4.05. The topological polar surface area (TPSA) is 71.3 Å². The van der Waals surface area contributed by atoms with Crippen molar-refractivity contribution in [2.24, 2.45) is 0 Å². The molecule has 1 N–H and O–H groups in total. The number of halogens is 2. The zero-order valence-electron chi connectivity index (χ0n) is 18.4. The molecule has 0 aliphatic rings. The maximum absolute atomic E-state index is 12.7. The van der Waals surface area contributed by atoms with Crippen LogP contribution < -0.4 is 14.8 Å². The summed E-state index contributed by atoms with van der Waals surface area (Å²) in [4.78, 5) is 12.7. The zero-order valence-corrected chi connectivity index (χ0v) is 19.9. The molecule has 3 aromatic rings. The minimum atomic E-state index is -0.483. The predicted molar refractivity (Wildman–Crippen MR) is 132 cm³/mol. The number of nitriles is 1. The van der Waals surface area contributed by atoms with E-state index < -0.39 is 5.91 Å². The summed E-state index contributed by atoms with van der Waals surface area (Å²) in [5, 5.41) is 13.4. The summed E-state index contributed by atoms with van der Waals surface area (Å²) in [6.07, 6.45) is 1.50. The van der Waals surface area contributed by atoms with Gasteiger partial charge in [0.05, 0.1) is 7.11 Å². The number of carbonyl (C=O) groups excluding carboxylic acids is 1. The van der Waals surface area contributed by atoms with Crippen molar-refractivity contribution in [1.82, 2.24) is 0 Å². The van der Waals surface area contributed by atoms with E-state index in [4.69, 9.17) is 32.7 Å². The summed E-state index contributed by atoms with van der Waals surface area (Å²) in [5.74, 6) is 0.475. The van der Waals surface area contributed by atoms with Crippen molar-refractivity contribution in [2.45, 2.75) is 20.5 Å². The van der Waals surface area contributed by atoms with Gasteiger partial charge >= 0.3 is 0 Å². The standard InChI is InChI=1S/C26H22Cl2N2O3/c1-16-5-4-6-23(17(16)2)30-26(31)20(14-29)11-18-7-10-24(25(12-18)32-3)33-15-19-8-9-21(27)13-22(19)28/h4-13H,15H2,1-3H3,(H,30,31)/b20-11-. The molecule has 0 saturated carbocycles. The lowest BCUT2D eigenvalue weighted by atomic mass is 10.1. The van der Waals surface area contributed by atoms with Gasteiger partial charge in [-0.3, -0.25) is 4.79 Å². The van der Waals surface area contributed by atoms with Crippen molar-refractivity contribution in [1.29, 1.82) is 5.26 Å². The zero-order chi connectivity index (χ0) is 24.0. The molecular weight excluding hydrogens is 459 g/mol. The second-order valence-corrected chi connectivity index (χ2v) is 8.15. The lowest BCUT2D eigenvalue weighted by molar-refractivity contribution is -0.112. The van der Waals surface area contributed by atoms with Crippen LogP contribution in [-0.4, -0.2) is 13.0 Å². The van der Waals surface area contributed by atoms with Crippen molar-refractivity contribution in [3.05, 3.63) is 92.5 Å². The molecule has 0 bridgehead atoms. The van der Waals surface area contributed by atoms with Crippen molar-refractivity contribution in [2.75, 3.05) is 12.4 Å². The Kier molecular flexibility index (Phi) is 8.00. The first-order chi connectivity index (χ1) is 15.8. The number of hydrogen-bond donors (Lipinski definition) is 1. The number of nitrogens with zero attached hydrogens (tertiary/aromatic N) is 1. The molecule has 0 unspecified atom stereocenters. The lowest BCUT2D eigenvalue weighted by Gasteiger charge is -2.13. The Morgan fingerprint density at radius 1 is 1.09 bits per heavy atom. The molecule has 0 fully saturated rings. The molecule has 0 aromatic heterocycles. The predicted octanol–water partition coefficient (Wildman–Crippen LogP) is 6.74. The van der Waals surface area contributed by atoms with Crippen LogP contribution in [0.5, 0.6) is 11.5 Å². The Labute approximate surface area is 203 Å². The number of carbonyl (C=O) groups is 1. The van der Waals surface area contributed by atoms with E-state index in [-0.39, 0.29) is 12.2 Å². The molecule has 0 saturated heterocycles. The molecule has 168 valence electrons. The number of aryl methyl sites for hydroxylation is 1. The van der Waals surface area contributed by atoms with E-state index >= 15 is 0 Å². The first-order valence-corrected chi connectivity index (χ1v) is 10.8. The van der Waals surface area contributed by atoms with Gasteiger partial charge in [0.25, 0.3) is 5.91 Å². The molecule has 0 heterocycles.